The Hall–Kier alpha value is -1.60. The van der Waals surface area contributed by atoms with Crippen LogP contribution < -0.4 is 0 Å². The molecule has 2 aromatic rings. The maximum absolute atomic E-state index is 12.9. The molecule has 3 heterocycles. The first kappa shape index (κ1) is 25.0. The number of hydrogen-bond donors (Lipinski definition) is 1. The van der Waals surface area contributed by atoms with Crippen molar-refractivity contribution < 1.29 is 28.9 Å². The lowest BCUT2D eigenvalue weighted by atomic mass is 9.81. The van der Waals surface area contributed by atoms with Crippen molar-refractivity contribution in [3.63, 3.8) is 0 Å². The molecule has 1 aliphatic rings. The summed E-state index contributed by atoms with van der Waals surface area (Å²) in [5, 5.41) is 10.5. The number of hydrogen-bond acceptors (Lipinski definition) is 12. The summed E-state index contributed by atoms with van der Waals surface area (Å²) in [6.45, 7) is 1.81. The lowest BCUT2D eigenvalue weighted by Crippen LogP contribution is -2.46. The van der Waals surface area contributed by atoms with Gasteiger partial charge in [0.05, 0.1) is 6.61 Å². The molecule has 1 N–H and O–H groups in total. The Labute approximate surface area is 201 Å². The number of carbonyl (C=O) groups is 2. The maximum Gasteiger partial charge on any atom is 0.508 e. The van der Waals surface area contributed by atoms with Crippen molar-refractivity contribution in [2.24, 2.45) is 5.41 Å². The summed E-state index contributed by atoms with van der Waals surface area (Å²) in [6, 6.07) is 9.22. The standard InChI is InChI=1S/C20H22N2O6S4/c1-20(18(24)26-9-11-30-31-15-4-2-3-7-21-15)13-27-19(25)28-17(20)14-5-6-16(22-12-14)32-29-10-8-23/h2-7,12,17,23H,8-11,13H2,1H3. The average Bonchev–Trinajstić information content (AvgIpc) is 2.82. The van der Waals surface area contributed by atoms with Gasteiger partial charge in [-0.2, -0.15) is 0 Å². The number of carbonyl (C=O) groups excluding carboxylic acids is 2. The van der Waals surface area contributed by atoms with Crippen LogP contribution in [-0.2, 0) is 19.0 Å². The van der Waals surface area contributed by atoms with Crippen LogP contribution in [0.1, 0.15) is 18.6 Å². The number of rotatable bonds is 11. The first-order valence-corrected chi connectivity index (χ1v) is 14.2. The molecule has 2 atom stereocenters. The van der Waals surface area contributed by atoms with E-state index in [2.05, 4.69) is 9.97 Å². The van der Waals surface area contributed by atoms with Crippen molar-refractivity contribution in [3.05, 3.63) is 48.3 Å². The molecule has 0 amide bonds. The van der Waals surface area contributed by atoms with Crippen LogP contribution in [0.2, 0.25) is 0 Å². The smallest absolute Gasteiger partial charge is 0.464 e. The Bertz CT molecular complexity index is 889. The van der Waals surface area contributed by atoms with E-state index >= 15 is 0 Å². The van der Waals surface area contributed by atoms with Gasteiger partial charge >= 0.3 is 12.1 Å². The lowest BCUT2D eigenvalue weighted by Gasteiger charge is -2.37. The molecule has 0 saturated carbocycles. The van der Waals surface area contributed by atoms with E-state index in [-0.39, 0.29) is 19.8 Å². The first-order chi connectivity index (χ1) is 15.5. The Morgan fingerprint density at radius 1 is 1.19 bits per heavy atom. The SMILES string of the molecule is CC1(C(=O)OCCSSc2ccccn2)COC(=O)OC1c1ccc(SSCCO)nc1. The third kappa shape index (κ3) is 6.95. The quantitative estimate of drug-likeness (QED) is 0.261. The molecule has 3 rings (SSSR count). The van der Waals surface area contributed by atoms with Crippen LogP contribution in [0.3, 0.4) is 0 Å². The van der Waals surface area contributed by atoms with E-state index in [1.165, 1.54) is 43.2 Å². The molecular formula is C20H22N2O6S4. The molecule has 0 bridgehead atoms. The van der Waals surface area contributed by atoms with Crippen LogP contribution in [0.15, 0.2) is 52.8 Å². The highest BCUT2D eigenvalue weighted by Gasteiger charge is 2.51. The van der Waals surface area contributed by atoms with Crippen molar-refractivity contribution in [3.8, 4) is 0 Å². The topological polar surface area (TPSA) is 108 Å². The van der Waals surface area contributed by atoms with Gasteiger partial charge in [0.2, 0.25) is 0 Å². The minimum atomic E-state index is -1.20. The molecule has 8 nitrogen and oxygen atoms in total. The molecule has 1 fully saturated rings. The number of esters is 1. The number of nitrogens with zero attached hydrogens (tertiary/aromatic N) is 2. The van der Waals surface area contributed by atoms with Gasteiger partial charge in [-0.3, -0.25) is 4.79 Å². The molecule has 1 saturated heterocycles. The summed E-state index contributed by atoms with van der Waals surface area (Å²) in [5.41, 5.74) is -0.619. The first-order valence-electron chi connectivity index (χ1n) is 9.60. The van der Waals surface area contributed by atoms with Crippen LogP contribution in [-0.4, -0.2) is 58.5 Å². The number of aromatic nitrogens is 2. The Kier molecular flexibility index (Phi) is 9.85. The number of aliphatic hydroxyl groups is 1. The van der Waals surface area contributed by atoms with Crippen LogP contribution in [0.25, 0.3) is 0 Å². The fourth-order valence-electron chi connectivity index (χ4n) is 2.71. The molecule has 12 heteroatoms. The van der Waals surface area contributed by atoms with Gasteiger partial charge in [-0.15, -0.1) is 0 Å². The summed E-state index contributed by atoms with van der Waals surface area (Å²) in [7, 11) is 5.95. The summed E-state index contributed by atoms with van der Waals surface area (Å²) in [4.78, 5) is 33.3. The second-order valence-corrected chi connectivity index (χ2v) is 11.6. The minimum Gasteiger partial charge on any atom is -0.464 e. The fourth-order valence-corrected chi connectivity index (χ4v) is 6.05. The van der Waals surface area contributed by atoms with Gasteiger partial charge in [0.15, 0.2) is 6.10 Å². The van der Waals surface area contributed by atoms with E-state index < -0.39 is 23.6 Å². The average molecular weight is 515 g/mol. The van der Waals surface area contributed by atoms with E-state index in [1.807, 2.05) is 18.2 Å². The van der Waals surface area contributed by atoms with Crippen molar-refractivity contribution in [2.75, 3.05) is 31.3 Å². The van der Waals surface area contributed by atoms with E-state index in [4.69, 9.17) is 19.3 Å². The normalized spacial score (nSPS) is 20.3. The highest BCUT2D eigenvalue weighted by atomic mass is 33.1. The molecule has 0 spiro atoms. The molecular weight excluding hydrogens is 492 g/mol. The number of ether oxygens (including phenoxy) is 3. The minimum absolute atomic E-state index is 0.0918. The summed E-state index contributed by atoms with van der Waals surface area (Å²) >= 11 is 0. The molecule has 1 aliphatic heterocycles. The van der Waals surface area contributed by atoms with Gasteiger partial charge in [0, 0.05) is 29.5 Å². The van der Waals surface area contributed by atoms with Crippen LogP contribution in [0.4, 0.5) is 4.79 Å². The van der Waals surface area contributed by atoms with Crippen LogP contribution in [0.5, 0.6) is 0 Å². The van der Waals surface area contributed by atoms with Crippen molar-refractivity contribution in [1.29, 1.82) is 0 Å². The number of pyridine rings is 2. The molecule has 172 valence electrons. The zero-order chi connectivity index (χ0) is 22.8. The predicted molar refractivity (Wildman–Crippen MR) is 126 cm³/mol. The van der Waals surface area contributed by atoms with E-state index in [0.717, 1.165) is 10.1 Å². The van der Waals surface area contributed by atoms with Crippen LogP contribution >= 0.6 is 43.2 Å². The summed E-state index contributed by atoms with van der Waals surface area (Å²) in [5.74, 6) is 0.664. The third-order valence-electron chi connectivity index (χ3n) is 4.31. The zero-order valence-electron chi connectivity index (χ0n) is 17.2. The Morgan fingerprint density at radius 3 is 2.66 bits per heavy atom. The van der Waals surface area contributed by atoms with Gasteiger partial charge in [-0.1, -0.05) is 33.7 Å². The summed E-state index contributed by atoms with van der Waals surface area (Å²) in [6.07, 6.45) is 1.60. The molecule has 0 aromatic carbocycles. The van der Waals surface area contributed by atoms with E-state index in [0.29, 0.717) is 17.1 Å². The van der Waals surface area contributed by atoms with Gasteiger partial charge in [-0.25, -0.2) is 14.8 Å². The highest BCUT2D eigenvalue weighted by Crippen LogP contribution is 2.42. The fraction of sp³-hybridized carbons (Fsp3) is 0.400. The largest absolute Gasteiger partial charge is 0.508 e. The lowest BCUT2D eigenvalue weighted by molar-refractivity contribution is -0.176. The highest BCUT2D eigenvalue weighted by molar-refractivity contribution is 8.77. The predicted octanol–water partition coefficient (Wildman–Crippen LogP) is 4.41. The molecule has 2 unspecified atom stereocenters. The Balaban J connectivity index is 1.57. The number of cyclic esters (lactones) is 2. The third-order valence-corrected chi connectivity index (χ3v) is 8.79. The maximum atomic E-state index is 12.9. The molecule has 0 radical (unpaired) electrons. The van der Waals surface area contributed by atoms with E-state index in [9.17, 15) is 9.59 Å². The molecule has 2 aromatic heterocycles. The van der Waals surface area contributed by atoms with E-state index in [1.54, 1.807) is 31.5 Å². The molecule has 32 heavy (non-hydrogen) atoms. The molecule has 0 aliphatic carbocycles. The van der Waals surface area contributed by atoms with Gasteiger partial charge in [0.1, 0.15) is 28.7 Å². The van der Waals surface area contributed by atoms with Crippen LogP contribution in [0, 0.1) is 5.41 Å². The second kappa shape index (κ2) is 12.6. The van der Waals surface area contributed by atoms with Gasteiger partial charge < -0.3 is 19.3 Å². The summed E-state index contributed by atoms with van der Waals surface area (Å²) < 4.78 is 15.9. The zero-order valence-corrected chi connectivity index (χ0v) is 20.4. The van der Waals surface area contributed by atoms with Crippen molar-refractivity contribution in [1.82, 2.24) is 9.97 Å². The van der Waals surface area contributed by atoms with Gasteiger partial charge in [0.25, 0.3) is 0 Å². The van der Waals surface area contributed by atoms with Crippen molar-refractivity contribution >= 4 is 55.3 Å². The second-order valence-electron chi connectivity index (χ2n) is 6.72. The number of aliphatic hydroxyl groups excluding tert-OH is 1. The monoisotopic (exact) mass is 514 g/mol. The van der Waals surface area contributed by atoms with Crippen molar-refractivity contribution in [2.45, 2.75) is 23.1 Å². The van der Waals surface area contributed by atoms with Gasteiger partial charge in [-0.05, 0) is 46.7 Å². The Morgan fingerprint density at radius 2 is 1.97 bits per heavy atom.